The van der Waals surface area contributed by atoms with E-state index in [1.165, 1.54) is 11.6 Å². The lowest BCUT2D eigenvalue weighted by atomic mass is 10.0. The van der Waals surface area contributed by atoms with Gasteiger partial charge in [-0.05, 0) is 55.7 Å². The summed E-state index contributed by atoms with van der Waals surface area (Å²) in [6, 6.07) is 11.5. The standard InChI is InChI=1S/C18H22FNO/c1-5-14-6-8-15(9-7-14)20(4)18-10-12(2)17(19)11-16(18)13(3)21/h6-11,13,21H,5H2,1-4H3/t13-/m1/s1. The van der Waals surface area contributed by atoms with Crippen LogP contribution < -0.4 is 4.90 Å². The number of halogens is 1. The molecule has 112 valence electrons. The van der Waals surface area contributed by atoms with Gasteiger partial charge in [-0.2, -0.15) is 0 Å². The monoisotopic (exact) mass is 287 g/mol. The van der Waals surface area contributed by atoms with E-state index in [1.54, 1.807) is 19.9 Å². The Morgan fingerprint density at radius 2 is 1.81 bits per heavy atom. The van der Waals surface area contributed by atoms with E-state index in [9.17, 15) is 9.50 Å². The van der Waals surface area contributed by atoms with E-state index in [4.69, 9.17) is 0 Å². The Bertz CT molecular complexity index is 620. The van der Waals surface area contributed by atoms with Crippen molar-refractivity contribution in [2.24, 2.45) is 0 Å². The summed E-state index contributed by atoms with van der Waals surface area (Å²) in [5.74, 6) is -0.288. The minimum absolute atomic E-state index is 0.288. The maximum Gasteiger partial charge on any atom is 0.126 e. The normalized spacial score (nSPS) is 12.3. The van der Waals surface area contributed by atoms with Crippen LogP contribution in [-0.2, 0) is 6.42 Å². The molecule has 1 atom stereocenters. The number of hydrogen-bond donors (Lipinski definition) is 1. The fourth-order valence-electron chi connectivity index (χ4n) is 2.40. The molecule has 0 bridgehead atoms. The van der Waals surface area contributed by atoms with E-state index < -0.39 is 6.10 Å². The van der Waals surface area contributed by atoms with Crippen LogP contribution in [0.1, 0.15) is 36.6 Å². The van der Waals surface area contributed by atoms with E-state index in [1.807, 2.05) is 24.1 Å². The minimum atomic E-state index is -0.715. The molecule has 0 unspecified atom stereocenters. The first kappa shape index (κ1) is 15.5. The molecule has 0 aliphatic rings. The summed E-state index contributed by atoms with van der Waals surface area (Å²) >= 11 is 0. The molecule has 21 heavy (non-hydrogen) atoms. The molecular formula is C18H22FNO. The second kappa shape index (κ2) is 6.27. The van der Waals surface area contributed by atoms with Gasteiger partial charge < -0.3 is 10.0 Å². The number of benzene rings is 2. The Morgan fingerprint density at radius 3 is 2.33 bits per heavy atom. The third kappa shape index (κ3) is 3.24. The van der Waals surface area contributed by atoms with Crippen LogP contribution in [0.2, 0.25) is 0 Å². The maximum atomic E-state index is 13.8. The molecule has 2 nitrogen and oxygen atoms in total. The van der Waals surface area contributed by atoms with Gasteiger partial charge in [0.05, 0.1) is 6.10 Å². The van der Waals surface area contributed by atoms with Crippen molar-refractivity contribution in [3.05, 3.63) is 58.9 Å². The lowest BCUT2D eigenvalue weighted by molar-refractivity contribution is 0.199. The Balaban J connectivity index is 2.45. The van der Waals surface area contributed by atoms with Crippen LogP contribution in [0, 0.1) is 12.7 Å². The van der Waals surface area contributed by atoms with Crippen molar-refractivity contribution in [3.63, 3.8) is 0 Å². The number of aliphatic hydroxyl groups excluding tert-OH is 1. The summed E-state index contributed by atoms with van der Waals surface area (Å²) in [5, 5.41) is 9.90. The van der Waals surface area contributed by atoms with Crippen molar-refractivity contribution >= 4 is 11.4 Å². The summed E-state index contributed by atoms with van der Waals surface area (Å²) < 4.78 is 13.8. The van der Waals surface area contributed by atoms with Gasteiger partial charge in [-0.1, -0.05) is 19.1 Å². The number of anilines is 2. The molecule has 0 radical (unpaired) electrons. The first-order valence-electron chi connectivity index (χ1n) is 7.24. The first-order chi connectivity index (χ1) is 9.93. The second-order valence-electron chi connectivity index (χ2n) is 5.42. The molecule has 0 fully saturated rings. The van der Waals surface area contributed by atoms with Gasteiger partial charge in [0.1, 0.15) is 5.82 Å². The molecule has 1 N–H and O–H groups in total. The van der Waals surface area contributed by atoms with Gasteiger partial charge in [-0.15, -0.1) is 0 Å². The maximum absolute atomic E-state index is 13.8. The molecule has 2 rings (SSSR count). The van der Waals surface area contributed by atoms with Crippen LogP contribution in [0.3, 0.4) is 0 Å². The lowest BCUT2D eigenvalue weighted by Gasteiger charge is -2.25. The van der Waals surface area contributed by atoms with E-state index in [0.29, 0.717) is 11.1 Å². The minimum Gasteiger partial charge on any atom is -0.389 e. The fraction of sp³-hybridized carbons (Fsp3) is 0.333. The van der Waals surface area contributed by atoms with Gasteiger partial charge in [0.25, 0.3) is 0 Å². The molecule has 0 amide bonds. The van der Waals surface area contributed by atoms with Gasteiger partial charge in [0, 0.05) is 24.0 Å². The summed E-state index contributed by atoms with van der Waals surface area (Å²) in [6.07, 6.45) is 0.283. The average Bonchev–Trinajstić information content (AvgIpc) is 2.48. The van der Waals surface area contributed by atoms with E-state index >= 15 is 0 Å². The summed E-state index contributed by atoms with van der Waals surface area (Å²) in [7, 11) is 1.93. The molecule has 0 aliphatic heterocycles. The van der Waals surface area contributed by atoms with Crippen LogP contribution in [0.25, 0.3) is 0 Å². The van der Waals surface area contributed by atoms with Gasteiger partial charge in [-0.3, -0.25) is 0 Å². The van der Waals surface area contributed by atoms with Crippen LogP contribution in [0.4, 0.5) is 15.8 Å². The number of aryl methyl sites for hydroxylation is 2. The number of aliphatic hydroxyl groups is 1. The van der Waals surface area contributed by atoms with E-state index in [2.05, 4.69) is 19.1 Å². The number of rotatable bonds is 4. The predicted octanol–water partition coefficient (Wildman–Crippen LogP) is 4.52. The smallest absolute Gasteiger partial charge is 0.126 e. The van der Waals surface area contributed by atoms with Crippen molar-refractivity contribution in [2.45, 2.75) is 33.3 Å². The molecule has 2 aromatic rings. The SMILES string of the molecule is CCc1ccc(N(C)c2cc(C)c(F)cc2[C@@H](C)O)cc1. The van der Waals surface area contributed by atoms with Crippen molar-refractivity contribution in [1.82, 2.24) is 0 Å². The zero-order chi connectivity index (χ0) is 15.6. The van der Waals surface area contributed by atoms with Crippen molar-refractivity contribution in [3.8, 4) is 0 Å². The zero-order valence-electron chi connectivity index (χ0n) is 13.0. The highest BCUT2D eigenvalue weighted by Crippen LogP contribution is 2.33. The molecular weight excluding hydrogens is 265 g/mol. The molecule has 0 saturated heterocycles. The van der Waals surface area contributed by atoms with Crippen LogP contribution in [-0.4, -0.2) is 12.2 Å². The zero-order valence-corrected chi connectivity index (χ0v) is 13.0. The quantitative estimate of drug-likeness (QED) is 0.894. The average molecular weight is 287 g/mol. The van der Waals surface area contributed by atoms with E-state index in [-0.39, 0.29) is 5.82 Å². The molecule has 0 aliphatic carbocycles. The van der Waals surface area contributed by atoms with Gasteiger partial charge in [-0.25, -0.2) is 4.39 Å². The third-order valence-corrected chi connectivity index (χ3v) is 3.85. The van der Waals surface area contributed by atoms with Crippen molar-refractivity contribution in [1.29, 1.82) is 0 Å². The predicted molar refractivity (Wildman–Crippen MR) is 85.7 cm³/mol. The molecule has 0 saturated carbocycles. The largest absolute Gasteiger partial charge is 0.389 e. The van der Waals surface area contributed by atoms with Crippen LogP contribution in [0.15, 0.2) is 36.4 Å². The highest BCUT2D eigenvalue weighted by atomic mass is 19.1. The molecule has 0 spiro atoms. The highest BCUT2D eigenvalue weighted by molar-refractivity contribution is 5.67. The van der Waals surface area contributed by atoms with Crippen molar-refractivity contribution in [2.75, 3.05) is 11.9 Å². The van der Waals surface area contributed by atoms with Crippen LogP contribution in [0.5, 0.6) is 0 Å². The second-order valence-corrected chi connectivity index (χ2v) is 5.42. The summed E-state index contributed by atoms with van der Waals surface area (Å²) in [4.78, 5) is 1.98. The topological polar surface area (TPSA) is 23.5 Å². The molecule has 2 aromatic carbocycles. The third-order valence-electron chi connectivity index (χ3n) is 3.85. The van der Waals surface area contributed by atoms with Gasteiger partial charge >= 0.3 is 0 Å². The Labute approximate surface area is 125 Å². The lowest BCUT2D eigenvalue weighted by Crippen LogP contribution is -2.13. The Kier molecular flexibility index (Phi) is 4.63. The summed E-state index contributed by atoms with van der Waals surface area (Å²) in [6.45, 7) is 5.51. The van der Waals surface area contributed by atoms with Crippen molar-refractivity contribution < 1.29 is 9.50 Å². The molecule has 0 heterocycles. The van der Waals surface area contributed by atoms with E-state index in [0.717, 1.165) is 17.8 Å². The fourth-order valence-corrected chi connectivity index (χ4v) is 2.40. The number of hydrogen-bond acceptors (Lipinski definition) is 2. The van der Waals surface area contributed by atoms with Crippen LogP contribution >= 0.6 is 0 Å². The van der Waals surface area contributed by atoms with Gasteiger partial charge in [0.15, 0.2) is 0 Å². The molecule has 0 aromatic heterocycles. The summed E-state index contributed by atoms with van der Waals surface area (Å²) in [5.41, 5.74) is 4.29. The first-order valence-corrected chi connectivity index (χ1v) is 7.24. The highest BCUT2D eigenvalue weighted by Gasteiger charge is 2.16. The molecule has 3 heteroatoms. The Hall–Kier alpha value is -1.87. The van der Waals surface area contributed by atoms with Gasteiger partial charge in [0.2, 0.25) is 0 Å². The Morgan fingerprint density at radius 1 is 1.19 bits per heavy atom. The number of nitrogens with zero attached hydrogens (tertiary/aromatic N) is 1.